The molecule has 112 valence electrons. The highest BCUT2D eigenvalue weighted by Crippen LogP contribution is 2.15. The van der Waals surface area contributed by atoms with Gasteiger partial charge in [0.2, 0.25) is 0 Å². The molecule has 0 aromatic carbocycles. The number of nitrogens with zero attached hydrogens (tertiary/aromatic N) is 2. The summed E-state index contributed by atoms with van der Waals surface area (Å²) in [6, 6.07) is 0.503. The summed E-state index contributed by atoms with van der Waals surface area (Å²) in [7, 11) is 2.14. The first-order valence-corrected chi connectivity index (χ1v) is 7.30. The fraction of sp³-hybridized carbons (Fsp3) is 0.929. The van der Waals surface area contributed by atoms with E-state index in [0.29, 0.717) is 12.5 Å². The second-order valence-corrected chi connectivity index (χ2v) is 5.96. The second kappa shape index (κ2) is 7.22. The molecule has 1 fully saturated rings. The Morgan fingerprint density at radius 2 is 2.16 bits per heavy atom. The van der Waals surface area contributed by atoms with Crippen LogP contribution in [0, 0.1) is 0 Å². The zero-order valence-electron chi connectivity index (χ0n) is 12.8. The Bertz CT molecular complexity index is 298. The lowest BCUT2D eigenvalue weighted by Crippen LogP contribution is -2.55. The molecule has 5 heteroatoms. The molecule has 2 unspecified atom stereocenters. The van der Waals surface area contributed by atoms with E-state index in [2.05, 4.69) is 36.0 Å². The van der Waals surface area contributed by atoms with E-state index in [1.807, 2.05) is 0 Å². The minimum absolute atomic E-state index is 0.503. The van der Waals surface area contributed by atoms with Gasteiger partial charge in [0.15, 0.2) is 0 Å². The summed E-state index contributed by atoms with van der Waals surface area (Å²) in [5.41, 5.74) is -0.806. The number of carbonyl (C=O) groups is 1. The SMILES string of the molecule is CCCNC(C)(CCN1CCN(C)CC1C)C(=O)O. The summed E-state index contributed by atoms with van der Waals surface area (Å²) in [5, 5.41) is 12.6. The number of carboxylic acid groups (broad SMARTS) is 1. The van der Waals surface area contributed by atoms with Gasteiger partial charge in [-0.3, -0.25) is 9.69 Å². The van der Waals surface area contributed by atoms with Crippen molar-refractivity contribution >= 4 is 5.97 Å². The quantitative estimate of drug-likeness (QED) is 0.719. The Morgan fingerprint density at radius 3 is 2.68 bits per heavy atom. The maximum Gasteiger partial charge on any atom is 0.323 e. The fourth-order valence-corrected chi connectivity index (χ4v) is 2.55. The molecule has 0 bridgehead atoms. The van der Waals surface area contributed by atoms with Gasteiger partial charge in [-0.2, -0.15) is 0 Å². The number of piperazine rings is 1. The average Bonchev–Trinajstić information content (AvgIpc) is 2.35. The predicted molar refractivity (Wildman–Crippen MR) is 77.5 cm³/mol. The number of hydrogen-bond donors (Lipinski definition) is 2. The van der Waals surface area contributed by atoms with Crippen LogP contribution in [0.1, 0.15) is 33.6 Å². The number of aliphatic carboxylic acids is 1. The van der Waals surface area contributed by atoms with E-state index in [0.717, 1.165) is 39.1 Å². The summed E-state index contributed by atoms with van der Waals surface area (Å²) in [4.78, 5) is 16.2. The summed E-state index contributed by atoms with van der Waals surface area (Å²) >= 11 is 0. The maximum absolute atomic E-state index is 11.4. The highest BCUT2D eigenvalue weighted by Gasteiger charge is 2.33. The zero-order valence-corrected chi connectivity index (χ0v) is 12.8. The van der Waals surface area contributed by atoms with Crippen LogP contribution in [0.2, 0.25) is 0 Å². The van der Waals surface area contributed by atoms with Crippen LogP contribution >= 0.6 is 0 Å². The third-order valence-corrected chi connectivity index (χ3v) is 4.10. The molecule has 0 radical (unpaired) electrons. The van der Waals surface area contributed by atoms with E-state index >= 15 is 0 Å². The first-order chi connectivity index (χ1) is 8.89. The van der Waals surface area contributed by atoms with Crippen LogP contribution in [0.25, 0.3) is 0 Å². The first kappa shape index (κ1) is 16.4. The Balaban J connectivity index is 2.49. The Labute approximate surface area is 117 Å². The van der Waals surface area contributed by atoms with Crippen LogP contribution in [0.3, 0.4) is 0 Å². The van der Waals surface area contributed by atoms with E-state index in [4.69, 9.17) is 0 Å². The smallest absolute Gasteiger partial charge is 0.323 e. The van der Waals surface area contributed by atoms with Crippen LogP contribution in [0.15, 0.2) is 0 Å². The largest absolute Gasteiger partial charge is 0.480 e. The van der Waals surface area contributed by atoms with Crippen molar-refractivity contribution in [3.8, 4) is 0 Å². The van der Waals surface area contributed by atoms with Gasteiger partial charge in [-0.05, 0) is 40.3 Å². The molecule has 0 aliphatic carbocycles. The molecule has 1 aliphatic rings. The van der Waals surface area contributed by atoms with Crippen molar-refractivity contribution in [3.05, 3.63) is 0 Å². The summed E-state index contributed by atoms with van der Waals surface area (Å²) in [6.07, 6.45) is 1.60. The minimum atomic E-state index is -0.806. The topological polar surface area (TPSA) is 55.8 Å². The average molecular weight is 271 g/mol. The van der Waals surface area contributed by atoms with Gasteiger partial charge in [-0.15, -0.1) is 0 Å². The monoisotopic (exact) mass is 271 g/mol. The maximum atomic E-state index is 11.4. The van der Waals surface area contributed by atoms with E-state index in [1.165, 1.54) is 0 Å². The summed E-state index contributed by atoms with van der Waals surface area (Å²) in [5.74, 6) is -0.747. The number of rotatable bonds is 7. The normalized spacial score (nSPS) is 25.2. The highest BCUT2D eigenvalue weighted by molar-refractivity contribution is 5.78. The van der Waals surface area contributed by atoms with E-state index < -0.39 is 11.5 Å². The third-order valence-electron chi connectivity index (χ3n) is 4.10. The molecule has 1 aliphatic heterocycles. The van der Waals surface area contributed by atoms with Gasteiger partial charge in [0, 0.05) is 32.2 Å². The molecule has 1 saturated heterocycles. The van der Waals surface area contributed by atoms with Crippen molar-refractivity contribution in [2.45, 2.75) is 45.2 Å². The van der Waals surface area contributed by atoms with Crippen LogP contribution in [0.4, 0.5) is 0 Å². The lowest BCUT2D eigenvalue weighted by atomic mass is 9.96. The fourth-order valence-electron chi connectivity index (χ4n) is 2.55. The van der Waals surface area contributed by atoms with Crippen LogP contribution in [-0.2, 0) is 4.79 Å². The molecule has 1 rings (SSSR count). The molecular weight excluding hydrogens is 242 g/mol. The van der Waals surface area contributed by atoms with Crippen molar-refractivity contribution in [2.75, 3.05) is 39.8 Å². The highest BCUT2D eigenvalue weighted by atomic mass is 16.4. The molecule has 0 aromatic rings. The van der Waals surface area contributed by atoms with E-state index in [9.17, 15) is 9.90 Å². The second-order valence-electron chi connectivity index (χ2n) is 5.96. The molecule has 19 heavy (non-hydrogen) atoms. The number of nitrogens with one attached hydrogen (secondary N) is 1. The lowest BCUT2D eigenvalue weighted by molar-refractivity contribution is -0.144. The van der Waals surface area contributed by atoms with Crippen molar-refractivity contribution in [1.29, 1.82) is 0 Å². The van der Waals surface area contributed by atoms with Crippen molar-refractivity contribution < 1.29 is 9.90 Å². The Hall–Kier alpha value is -0.650. The zero-order chi connectivity index (χ0) is 14.5. The molecule has 2 N–H and O–H groups in total. The summed E-state index contributed by atoms with van der Waals surface area (Å²) < 4.78 is 0. The number of hydrogen-bond acceptors (Lipinski definition) is 4. The Morgan fingerprint density at radius 1 is 1.47 bits per heavy atom. The number of likely N-dealkylation sites (N-methyl/N-ethyl adjacent to an activating group) is 1. The van der Waals surface area contributed by atoms with Gasteiger partial charge in [-0.25, -0.2) is 0 Å². The van der Waals surface area contributed by atoms with Crippen molar-refractivity contribution in [3.63, 3.8) is 0 Å². The Kier molecular flexibility index (Phi) is 6.23. The molecule has 1 heterocycles. The van der Waals surface area contributed by atoms with Gasteiger partial charge in [0.1, 0.15) is 5.54 Å². The van der Waals surface area contributed by atoms with E-state index in [-0.39, 0.29) is 0 Å². The van der Waals surface area contributed by atoms with Crippen LogP contribution < -0.4 is 5.32 Å². The minimum Gasteiger partial charge on any atom is -0.480 e. The van der Waals surface area contributed by atoms with Gasteiger partial charge in [0.05, 0.1) is 0 Å². The van der Waals surface area contributed by atoms with Crippen molar-refractivity contribution in [1.82, 2.24) is 15.1 Å². The van der Waals surface area contributed by atoms with E-state index in [1.54, 1.807) is 6.92 Å². The third kappa shape index (κ3) is 4.75. The summed E-state index contributed by atoms with van der Waals surface area (Å²) in [6.45, 7) is 10.8. The lowest BCUT2D eigenvalue weighted by Gasteiger charge is -2.39. The molecule has 0 amide bonds. The van der Waals surface area contributed by atoms with Gasteiger partial charge >= 0.3 is 5.97 Å². The predicted octanol–water partition coefficient (Wildman–Crippen LogP) is 0.855. The van der Waals surface area contributed by atoms with Crippen molar-refractivity contribution in [2.24, 2.45) is 0 Å². The van der Waals surface area contributed by atoms with Gasteiger partial charge in [-0.1, -0.05) is 6.92 Å². The molecule has 0 spiro atoms. The van der Waals surface area contributed by atoms with Gasteiger partial charge < -0.3 is 15.3 Å². The standard InChI is InChI=1S/C14H29N3O2/c1-5-7-15-14(3,13(18)19)6-8-17-10-9-16(4)11-12(17)2/h12,15H,5-11H2,1-4H3,(H,18,19). The van der Waals surface area contributed by atoms with Gasteiger partial charge in [0.25, 0.3) is 0 Å². The van der Waals surface area contributed by atoms with Crippen LogP contribution in [-0.4, -0.2) is 72.2 Å². The van der Waals surface area contributed by atoms with Crippen LogP contribution in [0.5, 0.6) is 0 Å². The molecule has 0 aromatic heterocycles. The molecule has 0 saturated carbocycles. The number of carboxylic acids is 1. The molecule has 5 nitrogen and oxygen atoms in total. The molecular formula is C14H29N3O2. The molecule has 2 atom stereocenters. The first-order valence-electron chi connectivity index (χ1n) is 7.30.